The molecule has 3 aliphatic heterocycles. The van der Waals surface area contributed by atoms with Crippen molar-refractivity contribution in [3.8, 4) is 0 Å². The molecule has 1 aromatic carbocycles. The lowest BCUT2D eigenvalue weighted by Gasteiger charge is -2.39. The average molecular weight is 283 g/mol. The zero-order chi connectivity index (χ0) is 14.2. The van der Waals surface area contributed by atoms with Crippen LogP contribution in [-0.4, -0.2) is 30.2 Å². The summed E-state index contributed by atoms with van der Waals surface area (Å²) in [5.41, 5.74) is 2.93. The molecule has 3 fully saturated rings. The first-order valence-corrected chi connectivity index (χ1v) is 6.75. The molecule has 6 heteroatoms. The van der Waals surface area contributed by atoms with Crippen LogP contribution in [0.5, 0.6) is 0 Å². The standard InChI is InChI=1S/C14H16F3N3/c15-14(16,17)11-3-1-2-4-12(11)18-19-13-9-20-7-5-10(13)6-8-20/h1-4,10,18H,5-9H2/b19-13-. The Morgan fingerprint density at radius 1 is 1.15 bits per heavy atom. The van der Waals surface area contributed by atoms with Crippen molar-refractivity contribution in [2.75, 3.05) is 25.1 Å². The Labute approximate surface area is 115 Å². The lowest BCUT2D eigenvalue weighted by molar-refractivity contribution is -0.136. The highest BCUT2D eigenvalue weighted by molar-refractivity contribution is 5.90. The fourth-order valence-electron chi connectivity index (χ4n) is 2.87. The number of para-hydroxylation sites is 1. The second kappa shape index (κ2) is 5.09. The van der Waals surface area contributed by atoms with E-state index < -0.39 is 11.7 Å². The SMILES string of the molecule is FC(F)(F)c1ccccc1N/N=C1/CN2CCC1CC2. The van der Waals surface area contributed by atoms with Crippen molar-refractivity contribution in [3.63, 3.8) is 0 Å². The first kappa shape index (κ1) is 13.4. The number of hydrogen-bond donors (Lipinski definition) is 1. The highest BCUT2D eigenvalue weighted by Crippen LogP contribution is 2.34. The number of halogens is 3. The maximum Gasteiger partial charge on any atom is 0.418 e. The lowest BCUT2D eigenvalue weighted by Crippen LogP contribution is -2.48. The quantitative estimate of drug-likeness (QED) is 0.844. The van der Waals surface area contributed by atoms with Crippen molar-refractivity contribution in [2.45, 2.75) is 19.0 Å². The number of hydrazone groups is 1. The van der Waals surface area contributed by atoms with Gasteiger partial charge in [0, 0.05) is 12.5 Å². The molecule has 3 aliphatic rings. The Balaban J connectivity index is 1.79. The molecule has 0 atom stereocenters. The van der Waals surface area contributed by atoms with Crippen molar-refractivity contribution in [2.24, 2.45) is 11.0 Å². The molecule has 20 heavy (non-hydrogen) atoms. The summed E-state index contributed by atoms with van der Waals surface area (Å²) < 4.78 is 38.6. The van der Waals surface area contributed by atoms with Crippen LogP contribution in [0, 0.1) is 5.92 Å². The Morgan fingerprint density at radius 3 is 2.45 bits per heavy atom. The van der Waals surface area contributed by atoms with Gasteiger partial charge in [0.25, 0.3) is 0 Å². The predicted octanol–water partition coefficient (Wildman–Crippen LogP) is 3.20. The minimum atomic E-state index is -4.36. The van der Waals surface area contributed by atoms with E-state index >= 15 is 0 Å². The van der Waals surface area contributed by atoms with Crippen molar-refractivity contribution >= 4 is 11.4 Å². The molecule has 0 saturated carbocycles. The van der Waals surface area contributed by atoms with Gasteiger partial charge in [0.2, 0.25) is 0 Å². The number of rotatable bonds is 2. The van der Waals surface area contributed by atoms with Gasteiger partial charge in [0.05, 0.1) is 17.0 Å². The second-order valence-corrected chi connectivity index (χ2v) is 5.31. The van der Waals surface area contributed by atoms with Crippen LogP contribution >= 0.6 is 0 Å². The molecule has 3 saturated heterocycles. The smallest absolute Gasteiger partial charge is 0.298 e. The number of benzene rings is 1. The molecule has 3 nitrogen and oxygen atoms in total. The van der Waals surface area contributed by atoms with Crippen LogP contribution in [0.1, 0.15) is 18.4 Å². The second-order valence-electron chi connectivity index (χ2n) is 5.31. The van der Waals surface area contributed by atoms with Crippen LogP contribution in [0.3, 0.4) is 0 Å². The number of anilines is 1. The molecule has 0 aromatic heterocycles. The van der Waals surface area contributed by atoms with Crippen LogP contribution in [0.2, 0.25) is 0 Å². The van der Waals surface area contributed by atoms with Crippen molar-refractivity contribution < 1.29 is 13.2 Å². The lowest BCUT2D eigenvalue weighted by atomic mass is 9.87. The Bertz CT molecular complexity index is 517. The number of nitrogens with zero attached hydrogens (tertiary/aromatic N) is 2. The third kappa shape index (κ3) is 2.65. The normalized spacial score (nSPS) is 27.9. The van der Waals surface area contributed by atoms with Gasteiger partial charge in [-0.25, -0.2) is 0 Å². The van der Waals surface area contributed by atoms with E-state index in [1.165, 1.54) is 12.1 Å². The van der Waals surface area contributed by atoms with Crippen molar-refractivity contribution in [3.05, 3.63) is 29.8 Å². The average Bonchev–Trinajstić information content (AvgIpc) is 2.46. The van der Waals surface area contributed by atoms with E-state index in [9.17, 15) is 13.2 Å². The van der Waals surface area contributed by atoms with Crippen LogP contribution in [-0.2, 0) is 6.18 Å². The molecule has 0 spiro atoms. The third-order valence-corrected chi connectivity index (χ3v) is 4.00. The molecule has 0 amide bonds. The van der Waals surface area contributed by atoms with Gasteiger partial charge in [-0.2, -0.15) is 18.3 Å². The molecule has 0 aliphatic carbocycles. The molecule has 1 N–H and O–H groups in total. The van der Waals surface area contributed by atoms with Gasteiger partial charge in [-0.15, -0.1) is 0 Å². The Kier molecular flexibility index (Phi) is 3.41. The van der Waals surface area contributed by atoms with Gasteiger partial charge >= 0.3 is 6.18 Å². The number of hydrogen-bond acceptors (Lipinski definition) is 3. The van der Waals surface area contributed by atoms with E-state index in [-0.39, 0.29) is 5.69 Å². The van der Waals surface area contributed by atoms with Crippen LogP contribution in [0.15, 0.2) is 29.4 Å². The molecule has 2 bridgehead atoms. The molecular weight excluding hydrogens is 267 g/mol. The van der Waals surface area contributed by atoms with E-state index in [0.717, 1.165) is 44.3 Å². The molecule has 0 unspecified atom stereocenters. The van der Waals surface area contributed by atoms with Crippen molar-refractivity contribution in [1.82, 2.24) is 4.90 Å². The molecule has 3 heterocycles. The zero-order valence-corrected chi connectivity index (χ0v) is 11.0. The summed E-state index contributed by atoms with van der Waals surface area (Å²) in [6.07, 6.45) is -2.25. The monoisotopic (exact) mass is 283 g/mol. The predicted molar refractivity (Wildman–Crippen MR) is 71.7 cm³/mol. The molecule has 0 radical (unpaired) electrons. The number of alkyl halides is 3. The van der Waals surface area contributed by atoms with E-state index in [0.29, 0.717) is 5.92 Å². The summed E-state index contributed by atoms with van der Waals surface area (Å²) in [6, 6.07) is 5.44. The fraction of sp³-hybridized carbons (Fsp3) is 0.500. The maximum absolute atomic E-state index is 12.9. The first-order valence-electron chi connectivity index (χ1n) is 6.75. The molecular formula is C14H16F3N3. The summed E-state index contributed by atoms with van der Waals surface area (Å²) >= 11 is 0. The highest BCUT2D eigenvalue weighted by atomic mass is 19.4. The van der Waals surface area contributed by atoms with Crippen LogP contribution < -0.4 is 5.43 Å². The van der Waals surface area contributed by atoms with Gasteiger partial charge in [-0.3, -0.25) is 10.3 Å². The number of nitrogens with one attached hydrogen (secondary N) is 1. The Morgan fingerprint density at radius 2 is 1.85 bits per heavy atom. The van der Waals surface area contributed by atoms with Gasteiger partial charge in [0.15, 0.2) is 0 Å². The summed E-state index contributed by atoms with van der Waals surface area (Å²) in [5.74, 6) is 0.422. The number of piperidine rings is 3. The molecule has 108 valence electrons. The molecule has 4 rings (SSSR count). The summed E-state index contributed by atoms with van der Waals surface area (Å²) in [4.78, 5) is 2.29. The fourth-order valence-corrected chi connectivity index (χ4v) is 2.87. The Hall–Kier alpha value is -1.56. The van der Waals surface area contributed by atoms with Gasteiger partial charge < -0.3 is 0 Å². The van der Waals surface area contributed by atoms with Crippen molar-refractivity contribution in [1.29, 1.82) is 0 Å². The summed E-state index contributed by atoms with van der Waals surface area (Å²) in [7, 11) is 0. The van der Waals surface area contributed by atoms with Crippen LogP contribution in [0.25, 0.3) is 0 Å². The minimum absolute atomic E-state index is 0.0175. The van der Waals surface area contributed by atoms with E-state index in [1.807, 2.05) is 0 Å². The maximum atomic E-state index is 12.9. The molecule has 1 aromatic rings. The van der Waals surface area contributed by atoms with Gasteiger partial charge in [-0.05, 0) is 38.1 Å². The highest BCUT2D eigenvalue weighted by Gasteiger charge is 2.34. The summed E-state index contributed by atoms with van der Waals surface area (Å²) in [6.45, 7) is 2.91. The topological polar surface area (TPSA) is 27.6 Å². The third-order valence-electron chi connectivity index (χ3n) is 4.00. The van der Waals surface area contributed by atoms with E-state index in [2.05, 4.69) is 15.4 Å². The summed E-state index contributed by atoms with van der Waals surface area (Å²) in [5, 5.41) is 4.24. The van der Waals surface area contributed by atoms with E-state index in [1.54, 1.807) is 6.07 Å². The van der Waals surface area contributed by atoms with E-state index in [4.69, 9.17) is 0 Å². The van der Waals surface area contributed by atoms with Gasteiger partial charge in [-0.1, -0.05) is 12.1 Å². The minimum Gasteiger partial charge on any atom is -0.298 e. The zero-order valence-electron chi connectivity index (χ0n) is 11.0. The largest absolute Gasteiger partial charge is 0.418 e. The number of fused-ring (bicyclic) bond motifs is 3. The van der Waals surface area contributed by atoms with Crippen LogP contribution in [0.4, 0.5) is 18.9 Å². The first-order chi connectivity index (χ1) is 9.54. The van der Waals surface area contributed by atoms with Gasteiger partial charge in [0.1, 0.15) is 0 Å².